The van der Waals surface area contributed by atoms with Gasteiger partial charge in [-0.3, -0.25) is 9.89 Å². The third-order valence-corrected chi connectivity index (χ3v) is 5.82. The van der Waals surface area contributed by atoms with Gasteiger partial charge in [0.2, 0.25) is 0 Å². The normalized spacial score (nSPS) is 17.7. The van der Waals surface area contributed by atoms with Crippen molar-refractivity contribution in [2.45, 2.75) is 19.1 Å². The van der Waals surface area contributed by atoms with E-state index in [-0.39, 0.29) is 11.9 Å². The largest absolute Gasteiger partial charge is 0.387 e. The Balaban J connectivity index is 1.63. The number of benzene rings is 1. The first kappa shape index (κ1) is 21.7. The van der Waals surface area contributed by atoms with E-state index in [4.69, 9.17) is 9.73 Å². The van der Waals surface area contributed by atoms with Gasteiger partial charge < -0.3 is 20.5 Å². The number of nitrogens with one attached hydrogen (secondary N) is 2. The van der Waals surface area contributed by atoms with Crippen LogP contribution in [0.15, 0.2) is 46.8 Å². The monoisotopic (exact) mass is 420 g/mol. The van der Waals surface area contributed by atoms with Gasteiger partial charge in [0.15, 0.2) is 5.96 Å². The number of aliphatic hydroxyl groups is 1. The lowest BCUT2D eigenvalue weighted by Crippen LogP contribution is -2.42. The SMILES string of the molecule is CCNC(=NCC(c1cccs1)N1CCOCC1)NCC(O)c1ccc(F)cc1. The fourth-order valence-corrected chi connectivity index (χ4v) is 4.12. The standard InChI is InChI=1S/C21H29FN4O2S/c1-2-23-21(25-15-19(27)16-5-7-17(22)8-6-16)24-14-18(20-4-3-13-29-20)26-9-11-28-12-10-26/h3-8,13,18-19,27H,2,9-12,14-15H2,1H3,(H2,23,24,25). The number of hydrogen-bond donors (Lipinski definition) is 3. The Morgan fingerprint density at radius 2 is 2.00 bits per heavy atom. The average Bonchev–Trinajstić information content (AvgIpc) is 3.27. The number of rotatable bonds is 8. The van der Waals surface area contributed by atoms with Gasteiger partial charge in [0, 0.05) is 31.1 Å². The Hall–Kier alpha value is -2.00. The number of aliphatic hydroxyl groups excluding tert-OH is 1. The van der Waals surface area contributed by atoms with E-state index in [9.17, 15) is 9.50 Å². The lowest BCUT2D eigenvalue weighted by Gasteiger charge is -2.33. The molecule has 0 spiro atoms. The zero-order chi connectivity index (χ0) is 20.5. The number of morpholine rings is 1. The topological polar surface area (TPSA) is 69.1 Å². The van der Waals surface area contributed by atoms with E-state index >= 15 is 0 Å². The summed E-state index contributed by atoms with van der Waals surface area (Å²) in [7, 11) is 0. The first-order chi connectivity index (χ1) is 14.2. The predicted molar refractivity (Wildman–Crippen MR) is 115 cm³/mol. The minimum atomic E-state index is -0.744. The van der Waals surface area contributed by atoms with Gasteiger partial charge in [-0.05, 0) is 36.1 Å². The Labute approximate surface area is 175 Å². The predicted octanol–water partition coefficient (Wildman–Crippen LogP) is 2.55. The summed E-state index contributed by atoms with van der Waals surface area (Å²) >= 11 is 1.74. The highest BCUT2D eigenvalue weighted by molar-refractivity contribution is 7.10. The zero-order valence-corrected chi connectivity index (χ0v) is 17.5. The van der Waals surface area contributed by atoms with E-state index in [1.54, 1.807) is 23.5 Å². The molecule has 3 N–H and O–H groups in total. The van der Waals surface area contributed by atoms with E-state index in [1.807, 2.05) is 6.92 Å². The van der Waals surface area contributed by atoms with E-state index in [0.29, 0.717) is 24.6 Å². The van der Waals surface area contributed by atoms with Crippen LogP contribution in [-0.2, 0) is 4.74 Å². The molecular formula is C21H29FN4O2S. The molecule has 3 rings (SSSR count). The second kappa shape index (κ2) is 11.3. The molecule has 158 valence electrons. The van der Waals surface area contributed by atoms with Crippen LogP contribution in [0.2, 0.25) is 0 Å². The van der Waals surface area contributed by atoms with Crippen molar-refractivity contribution < 1.29 is 14.2 Å². The molecule has 0 bridgehead atoms. The molecule has 1 aromatic carbocycles. The van der Waals surface area contributed by atoms with E-state index < -0.39 is 6.10 Å². The third-order valence-electron chi connectivity index (χ3n) is 4.84. The van der Waals surface area contributed by atoms with Crippen molar-refractivity contribution >= 4 is 17.3 Å². The maximum Gasteiger partial charge on any atom is 0.191 e. The van der Waals surface area contributed by atoms with Crippen LogP contribution in [0.5, 0.6) is 0 Å². The molecule has 8 heteroatoms. The van der Waals surface area contributed by atoms with Gasteiger partial charge in [0.25, 0.3) is 0 Å². The van der Waals surface area contributed by atoms with Crippen molar-refractivity contribution in [3.63, 3.8) is 0 Å². The van der Waals surface area contributed by atoms with Crippen molar-refractivity contribution in [1.82, 2.24) is 15.5 Å². The van der Waals surface area contributed by atoms with Crippen LogP contribution in [0.1, 0.15) is 29.5 Å². The highest BCUT2D eigenvalue weighted by Crippen LogP contribution is 2.26. The molecule has 0 radical (unpaired) electrons. The Morgan fingerprint density at radius 1 is 1.24 bits per heavy atom. The van der Waals surface area contributed by atoms with Crippen LogP contribution in [0.4, 0.5) is 4.39 Å². The summed E-state index contributed by atoms with van der Waals surface area (Å²) in [6, 6.07) is 10.3. The van der Waals surface area contributed by atoms with Gasteiger partial charge in [0.05, 0.1) is 31.9 Å². The summed E-state index contributed by atoms with van der Waals surface area (Å²) < 4.78 is 18.6. The highest BCUT2D eigenvalue weighted by Gasteiger charge is 2.23. The maximum absolute atomic E-state index is 13.1. The van der Waals surface area contributed by atoms with Gasteiger partial charge in [0.1, 0.15) is 5.82 Å². The van der Waals surface area contributed by atoms with Crippen LogP contribution in [0.25, 0.3) is 0 Å². The summed E-state index contributed by atoms with van der Waals surface area (Å²) in [4.78, 5) is 8.47. The van der Waals surface area contributed by atoms with Crippen LogP contribution in [0, 0.1) is 5.82 Å². The molecule has 2 aromatic rings. The lowest BCUT2D eigenvalue weighted by molar-refractivity contribution is 0.0186. The van der Waals surface area contributed by atoms with E-state index in [1.165, 1.54) is 17.0 Å². The molecule has 1 aliphatic heterocycles. The first-order valence-corrected chi connectivity index (χ1v) is 10.9. The van der Waals surface area contributed by atoms with Crippen LogP contribution < -0.4 is 10.6 Å². The zero-order valence-electron chi connectivity index (χ0n) is 16.7. The number of hydrogen-bond acceptors (Lipinski definition) is 5. The van der Waals surface area contributed by atoms with Crippen LogP contribution in [-0.4, -0.2) is 61.9 Å². The van der Waals surface area contributed by atoms with Gasteiger partial charge >= 0.3 is 0 Å². The van der Waals surface area contributed by atoms with Crippen LogP contribution >= 0.6 is 11.3 Å². The number of halogens is 1. The number of ether oxygens (including phenoxy) is 1. The Morgan fingerprint density at radius 3 is 2.66 bits per heavy atom. The fourth-order valence-electron chi connectivity index (χ4n) is 3.27. The van der Waals surface area contributed by atoms with Gasteiger partial charge in [-0.15, -0.1) is 11.3 Å². The average molecular weight is 421 g/mol. The molecule has 0 amide bonds. The van der Waals surface area contributed by atoms with Crippen molar-refractivity contribution in [2.75, 3.05) is 45.9 Å². The molecule has 2 heterocycles. The first-order valence-electron chi connectivity index (χ1n) is 9.98. The van der Waals surface area contributed by atoms with Crippen molar-refractivity contribution in [2.24, 2.45) is 4.99 Å². The summed E-state index contributed by atoms with van der Waals surface area (Å²) in [6.45, 7) is 6.91. The summed E-state index contributed by atoms with van der Waals surface area (Å²) in [6.07, 6.45) is -0.744. The van der Waals surface area contributed by atoms with Crippen LogP contribution in [0.3, 0.4) is 0 Å². The summed E-state index contributed by atoms with van der Waals surface area (Å²) in [5, 5.41) is 18.9. The fraction of sp³-hybridized carbons (Fsp3) is 0.476. The van der Waals surface area contributed by atoms with E-state index in [0.717, 1.165) is 32.8 Å². The molecule has 0 aliphatic carbocycles. The Kier molecular flexibility index (Phi) is 8.42. The molecule has 1 saturated heterocycles. The van der Waals surface area contributed by atoms with Crippen molar-refractivity contribution in [3.8, 4) is 0 Å². The van der Waals surface area contributed by atoms with Gasteiger partial charge in [-0.25, -0.2) is 4.39 Å². The second-order valence-electron chi connectivity index (χ2n) is 6.85. The molecule has 0 saturated carbocycles. The third kappa shape index (κ3) is 6.50. The number of nitrogens with zero attached hydrogens (tertiary/aromatic N) is 2. The molecule has 1 aromatic heterocycles. The molecular weight excluding hydrogens is 391 g/mol. The van der Waals surface area contributed by atoms with Crippen molar-refractivity contribution in [1.29, 1.82) is 0 Å². The minimum absolute atomic E-state index is 0.205. The molecule has 2 unspecified atom stereocenters. The summed E-state index contributed by atoms with van der Waals surface area (Å²) in [5.41, 5.74) is 0.666. The number of aliphatic imine (C=N–C) groups is 1. The molecule has 6 nitrogen and oxygen atoms in total. The molecule has 1 aliphatic rings. The second-order valence-corrected chi connectivity index (χ2v) is 7.83. The van der Waals surface area contributed by atoms with Gasteiger partial charge in [-0.2, -0.15) is 0 Å². The van der Waals surface area contributed by atoms with E-state index in [2.05, 4.69) is 33.0 Å². The quantitative estimate of drug-likeness (QED) is 0.452. The maximum atomic E-state index is 13.1. The molecule has 29 heavy (non-hydrogen) atoms. The minimum Gasteiger partial charge on any atom is -0.387 e. The molecule has 2 atom stereocenters. The smallest absolute Gasteiger partial charge is 0.191 e. The lowest BCUT2D eigenvalue weighted by atomic mass is 10.1. The Bertz CT molecular complexity index is 749. The highest BCUT2D eigenvalue weighted by atomic mass is 32.1. The molecule has 1 fully saturated rings. The number of guanidine groups is 1. The number of thiophene rings is 1. The van der Waals surface area contributed by atoms with Crippen molar-refractivity contribution in [3.05, 3.63) is 58.0 Å². The van der Waals surface area contributed by atoms with Gasteiger partial charge in [-0.1, -0.05) is 18.2 Å². The summed E-state index contributed by atoms with van der Waals surface area (Å²) in [5.74, 6) is 0.343.